The zero-order chi connectivity index (χ0) is 16.4. The summed E-state index contributed by atoms with van der Waals surface area (Å²) >= 11 is 0. The number of carbonyl (C=O) groups is 2. The highest BCUT2D eigenvalue weighted by molar-refractivity contribution is 5.97. The molecule has 0 N–H and O–H groups in total. The highest BCUT2D eigenvalue weighted by Crippen LogP contribution is 2.30. The minimum Gasteiger partial charge on any atom is -0.494 e. The number of aryl methyl sites for hydroxylation is 1. The third kappa shape index (κ3) is 3.09. The first-order chi connectivity index (χ1) is 11.1. The molecule has 0 amide bonds. The first kappa shape index (κ1) is 15.6. The lowest BCUT2D eigenvalue weighted by molar-refractivity contribution is -0.130. The lowest BCUT2D eigenvalue weighted by atomic mass is 9.96. The summed E-state index contributed by atoms with van der Waals surface area (Å²) in [7, 11) is 0. The third-order valence-electron chi connectivity index (χ3n) is 4.15. The largest absolute Gasteiger partial charge is 0.494 e. The van der Waals surface area contributed by atoms with Crippen LogP contribution in [-0.4, -0.2) is 24.5 Å². The average molecular weight is 316 g/mol. The van der Waals surface area contributed by atoms with Gasteiger partial charge in [-0.25, -0.2) is 4.79 Å². The van der Waals surface area contributed by atoms with Gasteiger partial charge in [-0.15, -0.1) is 0 Å². The molecule has 1 fully saturated rings. The molecular weight excluding hydrogens is 296 g/mol. The second-order valence-electron chi connectivity index (χ2n) is 5.75. The molecule has 0 spiro atoms. The van der Waals surface area contributed by atoms with E-state index in [1.165, 1.54) is 0 Å². The second kappa shape index (κ2) is 6.44. The number of ketones is 1. The van der Waals surface area contributed by atoms with Gasteiger partial charge in [0, 0.05) is 17.4 Å². The number of fused-ring (bicyclic) bond motifs is 1. The van der Waals surface area contributed by atoms with Crippen LogP contribution < -0.4 is 4.74 Å². The van der Waals surface area contributed by atoms with Crippen molar-refractivity contribution in [3.63, 3.8) is 0 Å². The van der Waals surface area contributed by atoms with E-state index in [2.05, 4.69) is 0 Å². The zero-order valence-corrected chi connectivity index (χ0v) is 13.4. The molecule has 0 bridgehead atoms. The number of esters is 1. The molecule has 5 heteroatoms. The second-order valence-corrected chi connectivity index (χ2v) is 5.75. The smallest absolute Gasteiger partial charge is 0.375 e. The van der Waals surface area contributed by atoms with Crippen molar-refractivity contribution in [1.29, 1.82) is 0 Å². The van der Waals surface area contributed by atoms with E-state index < -0.39 is 12.1 Å². The molecule has 5 nitrogen and oxygen atoms in total. The van der Waals surface area contributed by atoms with Gasteiger partial charge in [-0.3, -0.25) is 4.79 Å². The van der Waals surface area contributed by atoms with Gasteiger partial charge in [0.05, 0.1) is 6.61 Å². The maximum absolute atomic E-state index is 12.4. The summed E-state index contributed by atoms with van der Waals surface area (Å²) in [5, 5.41) is 0.817. The summed E-state index contributed by atoms with van der Waals surface area (Å²) in [4.78, 5) is 24.2. The van der Waals surface area contributed by atoms with Gasteiger partial charge < -0.3 is 13.9 Å². The maximum Gasteiger partial charge on any atom is 0.375 e. The summed E-state index contributed by atoms with van der Waals surface area (Å²) in [6.45, 7) is 4.29. The fourth-order valence-corrected chi connectivity index (χ4v) is 2.91. The van der Waals surface area contributed by atoms with Crippen molar-refractivity contribution >= 4 is 22.7 Å². The summed E-state index contributed by atoms with van der Waals surface area (Å²) in [5.74, 6) is 0.312. The van der Waals surface area contributed by atoms with Crippen LogP contribution in [0, 0.1) is 6.92 Å². The molecule has 0 saturated heterocycles. The van der Waals surface area contributed by atoms with E-state index >= 15 is 0 Å². The summed E-state index contributed by atoms with van der Waals surface area (Å²) < 4.78 is 16.5. The number of hydrogen-bond acceptors (Lipinski definition) is 5. The number of Topliss-reactive ketones (excluding diaryl/α,β-unsaturated/α-hetero) is 1. The van der Waals surface area contributed by atoms with Crippen LogP contribution in [0.4, 0.5) is 0 Å². The van der Waals surface area contributed by atoms with E-state index in [1.807, 2.05) is 13.0 Å². The van der Waals surface area contributed by atoms with Crippen LogP contribution in [0.2, 0.25) is 0 Å². The van der Waals surface area contributed by atoms with E-state index in [0.717, 1.165) is 24.0 Å². The molecule has 0 aliphatic heterocycles. The molecule has 1 atom stereocenters. The Morgan fingerprint density at radius 1 is 1.35 bits per heavy atom. The Labute approximate surface area is 134 Å². The van der Waals surface area contributed by atoms with Crippen LogP contribution in [-0.2, 0) is 9.53 Å². The van der Waals surface area contributed by atoms with Gasteiger partial charge in [-0.1, -0.05) is 0 Å². The van der Waals surface area contributed by atoms with Crippen molar-refractivity contribution < 1.29 is 23.5 Å². The lowest BCUT2D eigenvalue weighted by Crippen LogP contribution is -2.30. The molecule has 1 saturated carbocycles. The normalized spacial score (nSPS) is 18.2. The van der Waals surface area contributed by atoms with Crippen molar-refractivity contribution in [2.24, 2.45) is 0 Å². The van der Waals surface area contributed by atoms with Crippen molar-refractivity contribution in [2.45, 2.75) is 45.6 Å². The van der Waals surface area contributed by atoms with Gasteiger partial charge in [0.25, 0.3) is 0 Å². The molecule has 3 rings (SSSR count). The molecule has 122 valence electrons. The van der Waals surface area contributed by atoms with Crippen LogP contribution in [0.1, 0.15) is 48.7 Å². The molecule has 1 aliphatic rings. The Bertz CT molecular complexity index is 743. The van der Waals surface area contributed by atoms with Gasteiger partial charge in [0.2, 0.25) is 5.76 Å². The van der Waals surface area contributed by atoms with E-state index in [4.69, 9.17) is 13.9 Å². The Balaban J connectivity index is 1.85. The number of hydrogen-bond donors (Lipinski definition) is 0. The van der Waals surface area contributed by atoms with Crippen LogP contribution >= 0.6 is 0 Å². The molecule has 1 aromatic heterocycles. The van der Waals surface area contributed by atoms with E-state index in [9.17, 15) is 9.59 Å². The number of ether oxygens (including phenoxy) is 2. The van der Waals surface area contributed by atoms with Gasteiger partial charge >= 0.3 is 5.97 Å². The first-order valence-corrected chi connectivity index (χ1v) is 7.99. The fourth-order valence-electron chi connectivity index (χ4n) is 2.91. The number of furan rings is 1. The molecule has 1 aliphatic carbocycles. The van der Waals surface area contributed by atoms with Gasteiger partial charge in [-0.2, -0.15) is 0 Å². The third-order valence-corrected chi connectivity index (χ3v) is 4.15. The first-order valence-electron chi connectivity index (χ1n) is 7.99. The van der Waals surface area contributed by atoms with Crippen molar-refractivity contribution in [1.82, 2.24) is 0 Å². The Hall–Kier alpha value is -2.30. The number of carbonyl (C=O) groups excluding carboxylic acids is 2. The van der Waals surface area contributed by atoms with Crippen LogP contribution in [0.15, 0.2) is 22.6 Å². The minimum absolute atomic E-state index is 0.00278. The molecule has 1 heterocycles. The minimum atomic E-state index is -0.636. The van der Waals surface area contributed by atoms with Crippen LogP contribution in [0.3, 0.4) is 0 Å². The monoisotopic (exact) mass is 316 g/mol. The lowest BCUT2D eigenvalue weighted by Gasteiger charge is -2.20. The quantitative estimate of drug-likeness (QED) is 0.802. The molecular formula is C18H20O5. The fraction of sp³-hybridized carbons (Fsp3) is 0.444. The van der Waals surface area contributed by atoms with Crippen molar-refractivity contribution in [3.8, 4) is 5.75 Å². The summed E-state index contributed by atoms with van der Waals surface area (Å²) in [5.41, 5.74) is 1.31. The molecule has 2 aromatic rings. The Morgan fingerprint density at radius 3 is 2.91 bits per heavy atom. The number of benzene rings is 1. The van der Waals surface area contributed by atoms with E-state index in [-0.39, 0.29) is 11.5 Å². The Kier molecular flexibility index (Phi) is 4.37. The molecule has 23 heavy (non-hydrogen) atoms. The topological polar surface area (TPSA) is 65.7 Å². The highest BCUT2D eigenvalue weighted by Gasteiger charge is 2.28. The maximum atomic E-state index is 12.4. The summed E-state index contributed by atoms with van der Waals surface area (Å²) in [6.07, 6.45) is 2.22. The SMILES string of the molecule is CCOc1ccc2oc(C(=O)O[C@@H]3CCCCC3=O)c(C)c2c1. The molecule has 0 unspecified atom stereocenters. The predicted molar refractivity (Wildman–Crippen MR) is 84.8 cm³/mol. The van der Waals surface area contributed by atoms with Gasteiger partial charge in [0.1, 0.15) is 11.3 Å². The van der Waals surface area contributed by atoms with E-state index in [1.54, 1.807) is 19.1 Å². The van der Waals surface area contributed by atoms with Crippen molar-refractivity contribution in [2.75, 3.05) is 6.61 Å². The summed E-state index contributed by atoms with van der Waals surface area (Å²) in [6, 6.07) is 5.42. The average Bonchev–Trinajstić information content (AvgIpc) is 2.87. The molecule has 1 aromatic carbocycles. The highest BCUT2D eigenvalue weighted by atomic mass is 16.6. The predicted octanol–water partition coefficient (Wildman–Crippen LogP) is 3.81. The van der Waals surface area contributed by atoms with Crippen molar-refractivity contribution in [3.05, 3.63) is 29.5 Å². The van der Waals surface area contributed by atoms with E-state index in [0.29, 0.717) is 30.6 Å². The van der Waals surface area contributed by atoms with Crippen LogP contribution in [0.25, 0.3) is 11.0 Å². The standard InChI is InChI=1S/C18H20O5/c1-3-21-12-8-9-15-13(10-12)11(2)17(22-15)18(20)23-16-7-5-4-6-14(16)19/h8-10,16H,3-7H2,1-2H3/t16-/m1/s1. The molecule has 0 radical (unpaired) electrons. The zero-order valence-electron chi connectivity index (χ0n) is 13.4. The number of rotatable bonds is 4. The van der Waals surface area contributed by atoms with Gasteiger partial charge in [-0.05, 0) is 51.3 Å². The van der Waals surface area contributed by atoms with Gasteiger partial charge in [0.15, 0.2) is 11.9 Å². The Morgan fingerprint density at radius 2 is 2.17 bits per heavy atom. The van der Waals surface area contributed by atoms with Crippen LogP contribution in [0.5, 0.6) is 5.75 Å².